The van der Waals surface area contributed by atoms with Crippen molar-refractivity contribution in [1.82, 2.24) is 9.36 Å². The maximum absolute atomic E-state index is 13.2. The molecule has 0 saturated carbocycles. The Kier molecular flexibility index (Phi) is 2.95. The summed E-state index contributed by atoms with van der Waals surface area (Å²) in [4.78, 5) is 3.84. The molecular weight excluding hydrogens is 234 g/mol. The molecule has 7 heteroatoms. The van der Waals surface area contributed by atoms with Crippen LogP contribution in [0.15, 0.2) is 18.2 Å². The van der Waals surface area contributed by atoms with E-state index in [1.165, 1.54) is 0 Å². The summed E-state index contributed by atoms with van der Waals surface area (Å²) in [7, 11) is 0. The van der Waals surface area contributed by atoms with Crippen LogP contribution in [0.4, 0.5) is 19.9 Å². The van der Waals surface area contributed by atoms with Gasteiger partial charge in [-0.05, 0) is 18.2 Å². The van der Waals surface area contributed by atoms with Crippen molar-refractivity contribution in [2.75, 3.05) is 11.1 Å². The van der Waals surface area contributed by atoms with Crippen LogP contribution in [0.2, 0.25) is 0 Å². The first-order valence-corrected chi connectivity index (χ1v) is 5.19. The fourth-order valence-corrected chi connectivity index (χ4v) is 1.65. The van der Waals surface area contributed by atoms with Gasteiger partial charge >= 0.3 is 0 Å². The number of hydrogen-bond acceptors (Lipinski definition) is 5. The molecule has 0 amide bonds. The predicted octanol–water partition coefficient (Wildman–Crippen LogP) is 2.01. The van der Waals surface area contributed by atoms with Crippen molar-refractivity contribution in [2.24, 2.45) is 0 Å². The maximum Gasteiger partial charge on any atom is 0.233 e. The highest BCUT2D eigenvalue weighted by Crippen LogP contribution is 2.15. The van der Waals surface area contributed by atoms with Gasteiger partial charge < -0.3 is 11.1 Å². The molecule has 84 valence electrons. The van der Waals surface area contributed by atoms with E-state index >= 15 is 0 Å². The van der Waals surface area contributed by atoms with E-state index < -0.39 is 11.6 Å². The average Bonchev–Trinajstić information content (AvgIpc) is 2.66. The number of nitrogens with two attached hydrogens (primary N) is 1. The molecule has 16 heavy (non-hydrogen) atoms. The lowest BCUT2D eigenvalue weighted by Gasteiger charge is -2.03. The Morgan fingerprint density at radius 1 is 1.38 bits per heavy atom. The van der Waals surface area contributed by atoms with E-state index in [0.29, 0.717) is 5.13 Å². The van der Waals surface area contributed by atoms with Crippen molar-refractivity contribution in [3.05, 3.63) is 35.4 Å². The van der Waals surface area contributed by atoms with E-state index in [1.807, 2.05) is 0 Å². The normalized spacial score (nSPS) is 10.4. The summed E-state index contributed by atoms with van der Waals surface area (Å²) in [6.07, 6.45) is 0. The highest BCUT2D eigenvalue weighted by Gasteiger charge is 2.05. The number of nitrogens with one attached hydrogen (secondary N) is 1. The average molecular weight is 242 g/mol. The summed E-state index contributed by atoms with van der Waals surface area (Å²) < 4.78 is 29.8. The molecule has 0 aliphatic heterocycles. The Morgan fingerprint density at radius 3 is 2.88 bits per heavy atom. The molecule has 0 unspecified atom stereocenters. The number of benzene rings is 1. The van der Waals surface area contributed by atoms with Gasteiger partial charge in [0.2, 0.25) is 11.1 Å². The topological polar surface area (TPSA) is 63.8 Å². The Bertz CT molecular complexity index is 500. The molecule has 0 fully saturated rings. The zero-order chi connectivity index (χ0) is 11.5. The third-order valence-corrected chi connectivity index (χ3v) is 2.57. The van der Waals surface area contributed by atoms with Crippen LogP contribution in [0.3, 0.4) is 0 Å². The molecule has 0 bridgehead atoms. The monoisotopic (exact) mass is 242 g/mol. The lowest BCUT2D eigenvalue weighted by atomic mass is 10.2. The van der Waals surface area contributed by atoms with Gasteiger partial charge in [-0.1, -0.05) is 0 Å². The zero-order valence-corrected chi connectivity index (χ0v) is 8.89. The summed E-state index contributed by atoms with van der Waals surface area (Å²) in [5.74, 6) is -0.784. The molecule has 0 radical (unpaired) electrons. The van der Waals surface area contributed by atoms with Crippen molar-refractivity contribution in [3.8, 4) is 0 Å². The number of anilines is 2. The quantitative estimate of drug-likeness (QED) is 0.864. The van der Waals surface area contributed by atoms with Crippen LogP contribution in [-0.2, 0) is 6.54 Å². The van der Waals surface area contributed by atoms with Crippen LogP contribution in [-0.4, -0.2) is 9.36 Å². The van der Waals surface area contributed by atoms with E-state index in [9.17, 15) is 8.78 Å². The molecule has 0 aliphatic rings. The molecule has 0 aliphatic carbocycles. The van der Waals surface area contributed by atoms with Gasteiger partial charge in [0, 0.05) is 23.6 Å². The fourth-order valence-electron chi connectivity index (χ4n) is 1.16. The van der Waals surface area contributed by atoms with E-state index in [2.05, 4.69) is 14.7 Å². The first-order chi connectivity index (χ1) is 7.65. The largest absolute Gasteiger partial charge is 0.367 e. The van der Waals surface area contributed by atoms with Crippen LogP contribution in [0.25, 0.3) is 0 Å². The first kappa shape index (κ1) is 10.7. The molecule has 1 aromatic heterocycles. The summed E-state index contributed by atoms with van der Waals surface area (Å²) in [6.45, 7) is 0.137. The van der Waals surface area contributed by atoms with Crippen LogP contribution in [0.1, 0.15) is 5.56 Å². The minimum absolute atomic E-state index is 0.137. The number of aromatic nitrogens is 2. The van der Waals surface area contributed by atoms with Crippen molar-refractivity contribution in [2.45, 2.75) is 6.54 Å². The predicted molar refractivity (Wildman–Crippen MR) is 58.0 cm³/mol. The number of rotatable bonds is 3. The highest BCUT2D eigenvalue weighted by molar-refractivity contribution is 7.09. The van der Waals surface area contributed by atoms with Crippen LogP contribution in [0.5, 0.6) is 0 Å². The van der Waals surface area contributed by atoms with Gasteiger partial charge in [-0.2, -0.15) is 9.36 Å². The molecule has 1 heterocycles. The summed E-state index contributed by atoms with van der Waals surface area (Å²) in [6, 6.07) is 3.29. The second-order valence-electron chi connectivity index (χ2n) is 3.05. The minimum atomic E-state index is -0.477. The van der Waals surface area contributed by atoms with Crippen LogP contribution >= 0.6 is 11.5 Å². The minimum Gasteiger partial charge on any atom is -0.367 e. The number of nitrogens with zero attached hydrogens (tertiary/aromatic N) is 2. The summed E-state index contributed by atoms with van der Waals surface area (Å²) in [5.41, 5.74) is 5.55. The van der Waals surface area contributed by atoms with Crippen molar-refractivity contribution in [3.63, 3.8) is 0 Å². The molecule has 4 nitrogen and oxygen atoms in total. The van der Waals surface area contributed by atoms with Gasteiger partial charge in [0.25, 0.3) is 0 Å². The summed E-state index contributed by atoms with van der Waals surface area (Å²) in [5, 5.41) is 3.28. The second-order valence-corrected chi connectivity index (χ2v) is 3.80. The summed E-state index contributed by atoms with van der Waals surface area (Å²) >= 11 is 1.07. The molecule has 3 N–H and O–H groups in total. The lowest BCUT2D eigenvalue weighted by molar-refractivity contribution is 0.587. The molecule has 0 spiro atoms. The van der Waals surface area contributed by atoms with Crippen molar-refractivity contribution < 1.29 is 8.78 Å². The van der Waals surface area contributed by atoms with Gasteiger partial charge in [0.1, 0.15) is 11.6 Å². The van der Waals surface area contributed by atoms with Gasteiger partial charge in [-0.3, -0.25) is 0 Å². The van der Waals surface area contributed by atoms with Gasteiger partial charge in [-0.25, -0.2) is 8.78 Å². The number of nitrogen functional groups attached to an aromatic ring is 1. The molecule has 0 atom stereocenters. The smallest absolute Gasteiger partial charge is 0.233 e. The van der Waals surface area contributed by atoms with Crippen LogP contribution in [0, 0.1) is 11.6 Å². The van der Waals surface area contributed by atoms with Gasteiger partial charge in [0.05, 0.1) is 0 Å². The second kappa shape index (κ2) is 4.40. The Hall–Kier alpha value is -1.76. The molecule has 2 aromatic rings. The Labute approximate surface area is 94.3 Å². The Morgan fingerprint density at radius 2 is 2.19 bits per heavy atom. The van der Waals surface area contributed by atoms with Crippen LogP contribution < -0.4 is 11.1 Å². The SMILES string of the molecule is Nc1nsc(NCc2cc(F)ccc2F)n1. The molecule has 1 aromatic carbocycles. The third kappa shape index (κ3) is 2.43. The van der Waals surface area contributed by atoms with Crippen molar-refractivity contribution >= 4 is 22.6 Å². The van der Waals surface area contributed by atoms with E-state index in [4.69, 9.17) is 5.73 Å². The molecule has 0 saturated heterocycles. The molecule has 2 rings (SSSR count). The van der Waals surface area contributed by atoms with E-state index in [0.717, 1.165) is 29.7 Å². The highest BCUT2D eigenvalue weighted by atomic mass is 32.1. The number of halogens is 2. The maximum atomic E-state index is 13.2. The van der Waals surface area contributed by atoms with E-state index in [-0.39, 0.29) is 18.1 Å². The standard InChI is InChI=1S/C9H8F2N4S/c10-6-1-2-7(11)5(3-6)4-13-9-14-8(12)15-16-9/h1-3H,4H2,(H3,12,13,14,15). The fraction of sp³-hybridized carbons (Fsp3) is 0.111. The zero-order valence-electron chi connectivity index (χ0n) is 8.08. The number of hydrogen-bond donors (Lipinski definition) is 2. The van der Waals surface area contributed by atoms with Gasteiger partial charge in [-0.15, -0.1) is 0 Å². The third-order valence-electron chi connectivity index (χ3n) is 1.88. The van der Waals surface area contributed by atoms with E-state index in [1.54, 1.807) is 0 Å². The molecular formula is C9H8F2N4S. The first-order valence-electron chi connectivity index (χ1n) is 4.42. The lowest BCUT2D eigenvalue weighted by Crippen LogP contribution is -2.02. The van der Waals surface area contributed by atoms with Gasteiger partial charge in [0.15, 0.2) is 0 Å². The van der Waals surface area contributed by atoms with Crippen molar-refractivity contribution in [1.29, 1.82) is 0 Å². The Balaban J connectivity index is 2.07.